The molecular weight excluding hydrogens is 408 g/mol. The van der Waals surface area contributed by atoms with Crippen LogP contribution in [0.25, 0.3) is 28.1 Å². The SMILES string of the molecule is O=C(NCC=Cc1c[nH]c2cc(Cl)ccc12)OCC1c2ccccc2-c2ccccc21. The predicted octanol–water partition coefficient (Wildman–Crippen LogP) is 6.37. The Morgan fingerprint density at radius 2 is 1.74 bits per heavy atom. The lowest BCUT2D eigenvalue weighted by Crippen LogP contribution is -2.26. The van der Waals surface area contributed by atoms with E-state index in [4.69, 9.17) is 16.3 Å². The number of H-pyrrole nitrogens is 1. The largest absolute Gasteiger partial charge is 0.449 e. The Labute approximate surface area is 185 Å². The quantitative estimate of drug-likeness (QED) is 0.388. The van der Waals surface area contributed by atoms with Crippen LogP contribution in [0.5, 0.6) is 0 Å². The highest BCUT2D eigenvalue weighted by Crippen LogP contribution is 2.44. The molecule has 0 spiro atoms. The molecule has 5 rings (SSSR count). The number of fused-ring (bicyclic) bond motifs is 4. The summed E-state index contributed by atoms with van der Waals surface area (Å²) in [6.45, 7) is 0.698. The summed E-state index contributed by atoms with van der Waals surface area (Å²) >= 11 is 6.02. The van der Waals surface area contributed by atoms with Crippen LogP contribution in [0.3, 0.4) is 0 Å². The van der Waals surface area contributed by atoms with Crippen molar-refractivity contribution in [3.8, 4) is 11.1 Å². The number of hydrogen-bond donors (Lipinski definition) is 2. The first-order chi connectivity index (χ1) is 15.2. The maximum absolute atomic E-state index is 12.2. The second-order valence-electron chi connectivity index (χ2n) is 7.54. The first-order valence-electron chi connectivity index (χ1n) is 10.2. The van der Waals surface area contributed by atoms with E-state index in [1.165, 1.54) is 22.3 Å². The number of nitrogens with one attached hydrogen (secondary N) is 2. The van der Waals surface area contributed by atoms with E-state index in [1.54, 1.807) is 0 Å². The number of benzene rings is 3. The van der Waals surface area contributed by atoms with Crippen LogP contribution in [0.2, 0.25) is 5.02 Å². The third kappa shape index (κ3) is 3.82. The van der Waals surface area contributed by atoms with Crippen molar-refractivity contribution in [2.75, 3.05) is 13.2 Å². The molecule has 4 aromatic rings. The van der Waals surface area contributed by atoms with Crippen molar-refractivity contribution in [3.05, 3.63) is 101 Å². The van der Waals surface area contributed by atoms with E-state index < -0.39 is 6.09 Å². The predicted molar refractivity (Wildman–Crippen MR) is 125 cm³/mol. The molecule has 5 heteroatoms. The number of halogens is 1. The van der Waals surface area contributed by atoms with Crippen molar-refractivity contribution < 1.29 is 9.53 Å². The minimum absolute atomic E-state index is 0.0618. The number of ether oxygens (including phenoxy) is 1. The zero-order valence-corrected chi connectivity index (χ0v) is 17.5. The number of rotatable bonds is 5. The molecule has 1 aromatic heterocycles. The Balaban J connectivity index is 1.19. The average molecular weight is 429 g/mol. The first kappa shape index (κ1) is 19.5. The molecule has 0 bridgehead atoms. The van der Waals surface area contributed by atoms with Crippen LogP contribution in [-0.2, 0) is 4.74 Å². The monoisotopic (exact) mass is 428 g/mol. The van der Waals surface area contributed by atoms with Crippen LogP contribution in [-0.4, -0.2) is 24.2 Å². The Bertz CT molecular complexity index is 1250. The minimum Gasteiger partial charge on any atom is -0.449 e. The van der Waals surface area contributed by atoms with Crippen LogP contribution in [0.4, 0.5) is 4.79 Å². The molecular formula is C26H21ClN2O2. The molecule has 3 aromatic carbocycles. The molecule has 0 saturated carbocycles. The number of alkyl carbamates (subject to hydrolysis) is 1. The lowest BCUT2D eigenvalue weighted by Gasteiger charge is -2.14. The van der Waals surface area contributed by atoms with Gasteiger partial charge in [-0.1, -0.05) is 78.4 Å². The van der Waals surface area contributed by atoms with Crippen molar-refractivity contribution >= 4 is 34.7 Å². The molecule has 0 saturated heterocycles. The van der Waals surface area contributed by atoms with E-state index in [-0.39, 0.29) is 5.92 Å². The molecule has 1 aliphatic carbocycles. The maximum atomic E-state index is 12.2. The summed E-state index contributed by atoms with van der Waals surface area (Å²) in [5.74, 6) is 0.0618. The van der Waals surface area contributed by atoms with Gasteiger partial charge in [-0.3, -0.25) is 0 Å². The standard InChI is InChI=1S/C26H21ClN2O2/c27-18-11-12-19-17(15-29-25(19)14-18)6-5-13-28-26(30)31-16-24-22-9-3-1-7-20(22)21-8-2-4-10-23(21)24/h1-12,14-15,24,29H,13,16H2,(H,28,30). The second-order valence-corrected chi connectivity index (χ2v) is 7.98. The summed E-state index contributed by atoms with van der Waals surface area (Å²) < 4.78 is 5.56. The number of hydrogen-bond acceptors (Lipinski definition) is 2. The van der Waals surface area contributed by atoms with Gasteiger partial charge in [0.25, 0.3) is 0 Å². The highest BCUT2D eigenvalue weighted by molar-refractivity contribution is 6.31. The second kappa shape index (κ2) is 8.32. The molecule has 4 nitrogen and oxygen atoms in total. The summed E-state index contributed by atoms with van der Waals surface area (Å²) in [4.78, 5) is 15.4. The Morgan fingerprint density at radius 3 is 2.48 bits per heavy atom. The maximum Gasteiger partial charge on any atom is 0.407 e. The van der Waals surface area contributed by atoms with Crippen molar-refractivity contribution in [1.82, 2.24) is 10.3 Å². The van der Waals surface area contributed by atoms with Crippen LogP contribution < -0.4 is 5.32 Å². The summed E-state index contributed by atoms with van der Waals surface area (Å²) in [6, 6.07) is 22.3. The fraction of sp³-hybridized carbons (Fsp3) is 0.115. The molecule has 31 heavy (non-hydrogen) atoms. The fourth-order valence-corrected chi connectivity index (χ4v) is 4.41. The minimum atomic E-state index is -0.419. The first-order valence-corrected chi connectivity index (χ1v) is 10.6. The van der Waals surface area contributed by atoms with Gasteiger partial charge in [0.1, 0.15) is 6.61 Å². The fourth-order valence-electron chi connectivity index (χ4n) is 4.24. The Hall–Kier alpha value is -3.50. The van der Waals surface area contributed by atoms with Crippen molar-refractivity contribution in [3.63, 3.8) is 0 Å². The highest BCUT2D eigenvalue weighted by atomic mass is 35.5. The van der Waals surface area contributed by atoms with Crippen LogP contribution in [0, 0.1) is 0 Å². The Kier molecular flexibility index (Phi) is 5.23. The molecule has 0 atom stereocenters. The molecule has 0 aliphatic heterocycles. The van der Waals surface area contributed by atoms with Gasteiger partial charge >= 0.3 is 6.09 Å². The van der Waals surface area contributed by atoms with Gasteiger partial charge in [0.05, 0.1) is 0 Å². The van der Waals surface area contributed by atoms with Gasteiger partial charge in [-0.15, -0.1) is 0 Å². The highest BCUT2D eigenvalue weighted by Gasteiger charge is 2.28. The van der Waals surface area contributed by atoms with Crippen molar-refractivity contribution in [2.24, 2.45) is 0 Å². The number of amides is 1. The summed E-state index contributed by atoms with van der Waals surface area (Å²) in [5.41, 5.74) is 6.87. The van der Waals surface area contributed by atoms with Crippen LogP contribution >= 0.6 is 11.6 Å². The third-order valence-corrected chi connectivity index (χ3v) is 5.92. The van der Waals surface area contributed by atoms with E-state index >= 15 is 0 Å². The molecule has 1 heterocycles. The van der Waals surface area contributed by atoms with E-state index in [2.05, 4.69) is 34.6 Å². The molecule has 0 unspecified atom stereocenters. The number of aromatic amines is 1. The topological polar surface area (TPSA) is 54.1 Å². The third-order valence-electron chi connectivity index (χ3n) is 5.68. The van der Waals surface area contributed by atoms with Gasteiger partial charge in [0.2, 0.25) is 0 Å². The molecule has 2 N–H and O–H groups in total. The lowest BCUT2D eigenvalue weighted by atomic mass is 9.98. The molecule has 1 aliphatic rings. The van der Waals surface area contributed by atoms with Crippen LogP contribution in [0.1, 0.15) is 22.6 Å². The average Bonchev–Trinajstić information content (AvgIpc) is 3.34. The summed E-state index contributed by atoms with van der Waals surface area (Å²) in [6.07, 6.45) is 5.37. The van der Waals surface area contributed by atoms with Gasteiger partial charge in [-0.25, -0.2) is 4.79 Å². The zero-order chi connectivity index (χ0) is 21.2. The van der Waals surface area contributed by atoms with Gasteiger partial charge in [0.15, 0.2) is 0 Å². The molecule has 0 radical (unpaired) electrons. The van der Waals surface area contributed by atoms with E-state index in [0.717, 1.165) is 16.5 Å². The smallest absolute Gasteiger partial charge is 0.407 e. The van der Waals surface area contributed by atoms with Crippen LogP contribution in [0.15, 0.2) is 79.0 Å². The summed E-state index contributed by atoms with van der Waals surface area (Å²) in [5, 5.41) is 4.58. The van der Waals surface area contributed by atoms with E-state index in [9.17, 15) is 4.79 Å². The zero-order valence-electron chi connectivity index (χ0n) is 16.8. The number of carbonyl (C=O) groups is 1. The van der Waals surface area contributed by atoms with E-state index in [0.29, 0.717) is 18.2 Å². The number of carbonyl (C=O) groups excluding carboxylic acids is 1. The lowest BCUT2D eigenvalue weighted by molar-refractivity contribution is 0.144. The molecule has 1 amide bonds. The van der Waals surface area contributed by atoms with E-state index in [1.807, 2.05) is 60.8 Å². The van der Waals surface area contributed by atoms with Gasteiger partial charge in [0, 0.05) is 34.6 Å². The molecule has 154 valence electrons. The number of aromatic nitrogens is 1. The Morgan fingerprint density at radius 1 is 1.03 bits per heavy atom. The van der Waals surface area contributed by atoms with Gasteiger partial charge < -0.3 is 15.0 Å². The van der Waals surface area contributed by atoms with Gasteiger partial charge in [-0.05, 0) is 39.9 Å². The molecule has 0 fully saturated rings. The normalized spacial score (nSPS) is 12.8. The summed E-state index contributed by atoms with van der Waals surface area (Å²) in [7, 11) is 0. The van der Waals surface area contributed by atoms with Crippen molar-refractivity contribution in [1.29, 1.82) is 0 Å². The van der Waals surface area contributed by atoms with Crippen molar-refractivity contribution in [2.45, 2.75) is 5.92 Å². The van der Waals surface area contributed by atoms with Gasteiger partial charge in [-0.2, -0.15) is 0 Å².